The highest BCUT2D eigenvalue weighted by molar-refractivity contribution is 5.90. The molecule has 0 radical (unpaired) electrons. The third-order valence-corrected chi connectivity index (χ3v) is 4.40. The zero-order valence-corrected chi connectivity index (χ0v) is 11.7. The van der Waals surface area contributed by atoms with Gasteiger partial charge in [0.15, 0.2) is 5.83 Å². The summed E-state index contributed by atoms with van der Waals surface area (Å²) in [6, 6.07) is 7.88. The van der Waals surface area contributed by atoms with E-state index < -0.39 is 17.3 Å². The lowest BCUT2D eigenvalue weighted by molar-refractivity contribution is -0.131. The molecular formula is C16H17FN2O2. The van der Waals surface area contributed by atoms with E-state index >= 15 is 0 Å². The number of carbonyl (C=O) groups is 2. The van der Waals surface area contributed by atoms with Gasteiger partial charge in [-0.1, -0.05) is 30.8 Å². The topological polar surface area (TPSA) is 49.4 Å². The Bertz CT molecular complexity index is 618. The van der Waals surface area contributed by atoms with Crippen molar-refractivity contribution in [1.29, 1.82) is 0 Å². The van der Waals surface area contributed by atoms with Crippen LogP contribution in [0.4, 0.5) is 4.39 Å². The third kappa shape index (κ3) is 2.33. The van der Waals surface area contributed by atoms with Gasteiger partial charge in [-0.2, -0.15) is 0 Å². The first-order valence-corrected chi connectivity index (χ1v) is 7.05. The normalized spacial score (nSPS) is 19.9. The Balaban J connectivity index is 1.86. The molecule has 2 heterocycles. The van der Waals surface area contributed by atoms with Crippen LogP contribution in [-0.4, -0.2) is 29.8 Å². The van der Waals surface area contributed by atoms with Crippen LogP contribution in [0.15, 0.2) is 36.7 Å². The van der Waals surface area contributed by atoms with Crippen LogP contribution in [0.2, 0.25) is 0 Å². The first-order chi connectivity index (χ1) is 10.0. The largest absolute Gasteiger partial charge is 0.346 e. The Kier molecular flexibility index (Phi) is 3.27. The Morgan fingerprint density at radius 1 is 1.29 bits per heavy atom. The van der Waals surface area contributed by atoms with Crippen LogP contribution >= 0.6 is 0 Å². The average Bonchev–Trinajstić information content (AvgIpc) is 2.47. The third-order valence-electron chi connectivity index (χ3n) is 4.40. The Morgan fingerprint density at radius 3 is 2.62 bits per heavy atom. The van der Waals surface area contributed by atoms with Crippen LogP contribution < -0.4 is 5.32 Å². The molecule has 1 aromatic rings. The number of hydrogen-bond donors (Lipinski definition) is 1. The second-order valence-electron chi connectivity index (χ2n) is 5.66. The molecule has 1 aromatic carbocycles. The molecule has 3 rings (SSSR count). The summed E-state index contributed by atoms with van der Waals surface area (Å²) in [5.41, 5.74) is 1.73. The van der Waals surface area contributed by atoms with E-state index in [0.29, 0.717) is 32.4 Å². The lowest BCUT2D eigenvalue weighted by atomic mass is 9.75. The molecule has 1 spiro atoms. The van der Waals surface area contributed by atoms with E-state index in [2.05, 4.69) is 11.9 Å². The summed E-state index contributed by atoms with van der Waals surface area (Å²) < 4.78 is 13.0. The molecule has 2 amide bonds. The van der Waals surface area contributed by atoms with E-state index in [4.69, 9.17) is 0 Å². The van der Waals surface area contributed by atoms with Gasteiger partial charge in [-0.25, -0.2) is 4.39 Å². The van der Waals surface area contributed by atoms with E-state index in [9.17, 15) is 14.0 Å². The first-order valence-electron chi connectivity index (χ1n) is 7.05. The minimum absolute atomic E-state index is 0.00313. The van der Waals surface area contributed by atoms with Gasteiger partial charge in [-0.15, -0.1) is 0 Å². The van der Waals surface area contributed by atoms with Crippen molar-refractivity contribution in [1.82, 2.24) is 10.2 Å². The number of fused-ring (bicyclic) bond motifs is 2. The van der Waals surface area contributed by atoms with Gasteiger partial charge < -0.3 is 10.2 Å². The standard InChI is InChI=1S/C16H17FN2O2/c1-11(17)15(21)19-8-6-16(7-9-19)13-5-3-2-4-12(13)10-14(20)18-16/h2-5H,1,6-10H2,(H,18,20). The summed E-state index contributed by atoms with van der Waals surface area (Å²) in [6.45, 7) is 3.88. The molecule has 0 aromatic heterocycles. The fourth-order valence-electron chi connectivity index (χ4n) is 3.35. The van der Waals surface area contributed by atoms with Gasteiger partial charge in [-0.3, -0.25) is 9.59 Å². The van der Waals surface area contributed by atoms with Crippen LogP contribution in [0.25, 0.3) is 0 Å². The molecule has 0 bridgehead atoms. The van der Waals surface area contributed by atoms with Crippen molar-refractivity contribution in [2.75, 3.05) is 13.1 Å². The zero-order chi connectivity index (χ0) is 15.0. The fraction of sp³-hybridized carbons (Fsp3) is 0.375. The molecule has 1 N–H and O–H groups in total. The maximum atomic E-state index is 13.0. The molecule has 21 heavy (non-hydrogen) atoms. The van der Waals surface area contributed by atoms with Gasteiger partial charge in [-0.05, 0) is 24.0 Å². The summed E-state index contributed by atoms with van der Waals surface area (Å²) in [6.07, 6.45) is 1.57. The minimum Gasteiger partial charge on any atom is -0.346 e. The number of likely N-dealkylation sites (tertiary alicyclic amines) is 1. The van der Waals surface area contributed by atoms with Crippen molar-refractivity contribution in [2.24, 2.45) is 0 Å². The lowest BCUT2D eigenvalue weighted by Crippen LogP contribution is -2.56. The molecule has 0 aliphatic carbocycles. The highest BCUT2D eigenvalue weighted by Crippen LogP contribution is 2.37. The van der Waals surface area contributed by atoms with E-state index in [-0.39, 0.29) is 5.91 Å². The van der Waals surface area contributed by atoms with E-state index in [1.807, 2.05) is 24.3 Å². The van der Waals surface area contributed by atoms with Crippen molar-refractivity contribution in [3.05, 3.63) is 47.8 Å². The highest BCUT2D eigenvalue weighted by atomic mass is 19.1. The molecule has 0 saturated carbocycles. The van der Waals surface area contributed by atoms with Crippen LogP contribution in [0.3, 0.4) is 0 Å². The molecular weight excluding hydrogens is 271 g/mol. The number of piperidine rings is 1. The molecule has 2 aliphatic rings. The summed E-state index contributed by atoms with van der Waals surface area (Å²) in [4.78, 5) is 25.1. The summed E-state index contributed by atoms with van der Waals surface area (Å²) in [5.74, 6) is -1.58. The van der Waals surface area contributed by atoms with Crippen LogP contribution in [0, 0.1) is 0 Å². The number of benzene rings is 1. The van der Waals surface area contributed by atoms with Gasteiger partial charge in [0.1, 0.15) is 0 Å². The highest BCUT2D eigenvalue weighted by Gasteiger charge is 2.42. The number of halogens is 1. The molecule has 2 aliphatic heterocycles. The number of carbonyl (C=O) groups excluding carboxylic acids is 2. The Hall–Kier alpha value is -2.17. The fourth-order valence-corrected chi connectivity index (χ4v) is 3.35. The van der Waals surface area contributed by atoms with Crippen molar-refractivity contribution in [2.45, 2.75) is 24.8 Å². The van der Waals surface area contributed by atoms with Crippen molar-refractivity contribution >= 4 is 11.8 Å². The van der Waals surface area contributed by atoms with E-state index in [1.165, 1.54) is 4.90 Å². The number of nitrogens with zero attached hydrogens (tertiary/aromatic N) is 1. The SMILES string of the molecule is C=C(F)C(=O)N1CCC2(CC1)NC(=O)Cc1ccccc12. The minimum atomic E-state index is -0.931. The average molecular weight is 288 g/mol. The summed E-state index contributed by atoms with van der Waals surface area (Å²) in [7, 11) is 0. The van der Waals surface area contributed by atoms with E-state index in [0.717, 1.165) is 11.1 Å². The molecule has 0 unspecified atom stereocenters. The Morgan fingerprint density at radius 2 is 1.95 bits per heavy atom. The summed E-state index contributed by atoms with van der Waals surface area (Å²) in [5, 5.41) is 3.08. The molecule has 4 nitrogen and oxygen atoms in total. The monoisotopic (exact) mass is 288 g/mol. The molecule has 0 atom stereocenters. The van der Waals surface area contributed by atoms with Gasteiger partial charge in [0.25, 0.3) is 5.91 Å². The number of amides is 2. The lowest BCUT2D eigenvalue weighted by Gasteiger charge is -2.45. The van der Waals surface area contributed by atoms with Gasteiger partial charge in [0.05, 0.1) is 12.0 Å². The summed E-state index contributed by atoms with van der Waals surface area (Å²) >= 11 is 0. The second kappa shape index (κ2) is 4.98. The van der Waals surface area contributed by atoms with Crippen LogP contribution in [0.1, 0.15) is 24.0 Å². The van der Waals surface area contributed by atoms with Crippen LogP contribution in [-0.2, 0) is 21.5 Å². The smallest absolute Gasteiger partial charge is 0.281 e. The van der Waals surface area contributed by atoms with Crippen molar-refractivity contribution in [3.8, 4) is 0 Å². The van der Waals surface area contributed by atoms with Crippen molar-refractivity contribution in [3.63, 3.8) is 0 Å². The van der Waals surface area contributed by atoms with Gasteiger partial charge >= 0.3 is 0 Å². The first kappa shape index (κ1) is 13.8. The van der Waals surface area contributed by atoms with Gasteiger partial charge in [0.2, 0.25) is 5.91 Å². The van der Waals surface area contributed by atoms with Gasteiger partial charge in [0, 0.05) is 13.1 Å². The van der Waals surface area contributed by atoms with E-state index in [1.54, 1.807) is 0 Å². The predicted octanol–water partition coefficient (Wildman–Crippen LogP) is 1.66. The zero-order valence-electron chi connectivity index (χ0n) is 11.7. The molecule has 5 heteroatoms. The molecule has 1 fully saturated rings. The predicted molar refractivity (Wildman–Crippen MR) is 76.0 cm³/mol. The second-order valence-corrected chi connectivity index (χ2v) is 5.66. The quantitative estimate of drug-likeness (QED) is 0.799. The Labute approximate surface area is 122 Å². The maximum absolute atomic E-state index is 13.0. The number of hydrogen-bond acceptors (Lipinski definition) is 2. The molecule has 1 saturated heterocycles. The maximum Gasteiger partial charge on any atom is 0.281 e. The number of nitrogens with one attached hydrogen (secondary N) is 1. The number of rotatable bonds is 1. The molecule has 110 valence electrons. The van der Waals surface area contributed by atoms with Crippen molar-refractivity contribution < 1.29 is 14.0 Å². The van der Waals surface area contributed by atoms with Crippen LogP contribution in [0.5, 0.6) is 0 Å².